The van der Waals surface area contributed by atoms with E-state index < -0.39 is 5.97 Å². The first-order valence-electron chi connectivity index (χ1n) is 7.38. The number of hydrogen-bond donors (Lipinski definition) is 2. The molecule has 3 unspecified atom stereocenters. The number of carboxylic acids is 1. The molecule has 2 aromatic rings. The number of carbonyl (C=O) groups excluding carboxylic acids is 1. The quantitative estimate of drug-likeness (QED) is 0.858. The van der Waals surface area contributed by atoms with Crippen LogP contribution in [0.3, 0.4) is 0 Å². The van der Waals surface area contributed by atoms with E-state index in [9.17, 15) is 9.59 Å². The Hall–Kier alpha value is -2.15. The van der Waals surface area contributed by atoms with Gasteiger partial charge < -0.3 is 10.4 Å². The van der Waals surface area contributed by atoms with Gasteiger partial charge in [0.1, 0.15) is 6.54 Å². The Bertz CT molecular complexity index is 817. The number of halogens is 1. The van der Waals surface area contributed by atoms with Crippen LogP contribution in [0.15, 0.2) is 34.9 Å². The summed E-state index contributed by atoms with van der Waals surface area (Å²) in [6, 6.07) is 7.75. The van der Waals surface area contributed by atoms with Gasteiger partial charge in [0.15, 0.2) is 5.82 Å². The van der Waals surface area contributed by atoms with Gasteiger partial charge >= 0.3 is 5.97 Å². The topological polar surface area (TPSA) is 84.2 Å². The fourth-order valence-electron chi connectivity index (χ4n) is 3.61. The Kier molecular flexibility index (Phi) is 3.26. The third-order valence-corrected chi connectivity index (χ3v) is 5.36. The van der Waals surface area contributed by atoms with Gasteiger partial charge in [0.25, 0.3) is 0 Å². The van der Waals surface area contributed by atoms with E-state index in [1.165, 1.54) is 15.8 Å². The Morgan fingerprint density at radius 2 is 2.22 bits per heavy atom. The largest absolute Gasteiger partial charge is 0.480 e. The summed E-state index contributed by atoms with van der Waals surface area (Å²) in [6.07, 6.45) is 2.47. The van der Waals surface area contributed by atoms with Crippen molar-refractivity contribution in [3.63, 3.8) is 0 Å². The second-order valence-electron chi connectivity index (χ2n) is 6.01. The second kappa shape index (κ2) is 5.19. The molecule has 6 nitrogen and oxygen atoms in total. The molecule has 3 atom stereocenters. The summed E-state index contributed by atoms with van der Waals surface area (Å²) in [7, 11) is 0. The number of rotatable bonds is 4. The number of nitrogens with zero attached hydrogens (tertiary/aromatic N) is 2. The molecule has 1 fully saturated rings. The Morgan fingerprint density at radius 1 is 1.39 bits per heavy atom. The molecule has 0 radical (unpaired) electrons. The minimum absolute atomic E-state index is 0.0126. The average Bonchev–Trinajstić information content (AvgIpc) is 2.82. The standard InChI is InChI=1S/C16H14BrN3O3/c17-11-3-1-2-8-9(11)6-10-14(8)15(10)16(23)18-12-4-5-20(19-12)7-13(21)22/h1-5,10,14-15H,6-7H2,(H,21,22)(H,18,19,23). The molecule has 7 heteroatoms. The lowest BCUT2D eigenvalue weighted by Crippen LogP contribution is -2.18. The lowest BCUT2D eigenvalue weighted by molar-refractivity contribution is -0.137. The summed E-state index contributed by atoms with van der Waals surface area (Å²) in [4.78, 5) is 23.1. The van der Waals surface area contributed by atoms with Gasteiger partial charge in [0, 0.05) is 28.6 Å². The van der Waals surface area contributed by atoms with Gasteiger partial charge in [-0.05, 0) is 29.5 Å². The Balaban J connectivity index is 1.44. The minimum atomic E-state index is -0.968. The first-order valence-corrected chi connectivity index (χ1v) is 8.17. The van der Waals surface area contributed by atoms with E-state index in [-0.39, 0.29) is 18.4 Å². The van der Waals surface area contributed by atoms with Gasteiger partial charge in [0.05, 0.1) is 0 Å². The van der Waals surface area contributed by atoms with Crippen LogP contribution in [0, 0.1) is 11.8 Å². The summed E-state index contributed by atoms with van der Waals surface area (Å²) in [5.41, 5.74) is 2.58. The molecule has 1 amide bonds. The predicted octanol–water partition coefficient (Wildman–Crippen LogP) is 2.25. The SMILES string of the molecule is O=C(O)Cn1ccc(NC(=O)C2C3Cc4c(Br)cccc4C32)n1. The number of hydrogen-bond acceptors (Lipinski definition) is 3. The van der Waals surface area contributed by atoms with Crippen molar-refractivity contribution in [2.24, 2.45) is 11.8 Å². The number of aromatic nitrogens is 2. The molecular formula is C16H14BrN3O3. The fourth-order valence-corrected chi connectivity index (χ4v) is 4.16. The van der Waals surface area contributed by atoms with Crippen LogP contribution in [0.5, 0.6) is 0 Å². The molecule has 2 aliphatic rings. The first kappa shape index (κ1) is 14.4. The van der Waals surface area contributed by atoms with Crippen LogP contribution in [0.2, 0.25) is 0 Å². The highest BCUT2D eigenvalue weighted by atomic mass is 79.9. The van der Waals surface area contributed by atoms with E-state index in [1.54, 1.807) is 12.3 Å². The second-order valence-corrected chi connectivity index (χ2v) is 6.86. The van der Waals surface area contributed by atoms with Crippen molar-refractivity contribution in [1.82, 2.24) is 9.78 Å². The van der Waals surface area contributed by atoms with Crippen molar-refractivity contribution < 1.29 is 14.7 Å². The summed E-state index contributed by atoms with van der Waals surface area (Å²) in [5.74, 6) is 0.0432. The average molecular weight is 376 g/mol. The number of amides is 1. The maximum Gasteiger partial charge on any atom is 0.325 e. The highest BCUT2D eigenvalue weighted by Crippen LogP contribution is 2.62. The number of carboxylic acid groups (broad SMARTS) is 1. The van der Waals surface area contributed by atoms with E-state index in [4.69, 9.17) is 5.11 Å². The van der Waals surface area contributed by atoms with Gasteiger partial charge in [-0.25, -0.2) is 0 Å². The zero-order valence-corrected chi connectivity index (χ0v) is 13.7. The predicted molar refractivity (Wildman–Crippen MR) is 86.1 cm³/mol. The molecule has 2 N–H and O–H groups in total. The van der Waals surface area contributed by atoms with Crippen molar-refractivity contribution in [2.75, 3.05) is 5.32 Å². The molecule has 23 heavy (non-hydrogen) atoms. The van der Waals surface area contributed by atoms with Crippen molar-refractivity contribution in [3.8, 4) is 0 Å². The number of nitrogens with one attached hydrogen (secondary N) is 1. The van der Waals surface area contributed by atoms with Crippen LogP contribution in [-0.4, -0.2) is 26.8 Å². The molecule has 2 aliphatic carbocycles. The van der Waals surface area contributed by atoms with Crippen LogP contribution < -0.4 is 5.32 Å². The van der Waals surface area contributed by atoms with Crippen LogP contribution in [0.1, 0.15) is 17.0 Å². The molecule has 1 aromatic carbocycles. The summed E-state index contributed by atoms with van der Waals surface area (Å²) in [5, 5.41) is 15.6. The number of anilines is 1. The van der Waals surface area contributed by atoms with Crippen LogP contribution in [0.4, 0.5) is 5.82 Å². The summed E-state index contributed by atoms with van der Waals surface area (Å²) in [6.45, 7) is -0.216. The monoisotopic (exact) mass is 375 g/mol. The van der Waals surface area contributed by atoms with E-state index in [2.05, 4.69) is 32.4 Å². The Labute approximate surface area is 140 Å². The van der Waals surface area contributed by atoms with Gasteiger partial charge in [-0.3, -0.25) is 14.3 Å². The molecule has 0 spiro atoms. The highest BCUT2D eigenvalue weighted by molar-refractivity contribution is 9.10. The molecule has 0 saturated heterocycles. The van der Waals surface area contributed by atoms with E-state index in [0.29, 0.717) is 17.7 Å². The maximum atomic E-state index is 12.4. The zero-order chi connectivity index (χ0) is 16.1. The van der Waals surface area contributed by atoms with Crippen molar-refractivity contribution in [3.05, 3.63) is 46.1 Å². The number of benzene rings is 1. The van der Waals surface area contributed by atoms with Crippen LogP contribution in [0.25, 0.3) is 0 Å². The summed E-state index contributed by atoms with van der Waals surface area (Å²) < 4.78 is 2.41. The van der Waals surface area contributed by atoms with E-state index >= 15 is 0 Å². The molecule has 0 aliphatic heterocycles. The van der Waals surface area contributed by atoms with Gasteiger partial charge in [-0.1, -0.05) is 28.1 Å². The maximum absolute atomic E-state index is 12.4. The van der Waals surface area contributed by atoms with E-state index in [0.717, 1.165) is 10.9 Å². The van der Waals surface area contributed by atoms with E-state index in [1.807, 2.05) is 12.1 Å². The number of fused-ring (bicyclic) bond motifs is 3. The van der Waals surface area contributed by atoms with Gasteiger partial charge in [0.2, 0.25) is 5.91 Å². The molecule has 4 rings (SSSR count). The Morgan fingerprint density at radius 3 is 3.00 bits per heavy atom. The van der Waals surface area contributed by atoms with Crippen molar-refractivity contribution >= 4 is 33.6 Å². The molecule has 1 aromatic heterocycles. The lowest BCUT2D eigenvalue weighted by Gasteiger charge is -2.09. The third kappa shape index (κ3) is 2.45. The lowest BCUT2D eigenvalue weighted by atomic mass is 10.0. The van der Waals surface area contributed by atoms with Gasteiger partial charge in [-0.2, -0.15) is 5.10 Å². The molecule has 1 heterocycles. The summed E-state index contributed by atoms with van der Waals surface area (Å²) >= 11 is 3.57. The van der Waals surface area contributed by atoms with Crippen LogP contribution in [-0.2, 0) is 22.6 Å². The van der Waals surface area contributed by atoms with Crippen molar-refractivity contribution in [2.45, 2.75) is 18.9 Å². The third-order valence-electron chi connectivity index (χ3n) is 4.61. The zero-order valence-electron chi connectivity index (χ0n) is 12.1. The smallest absolute Gasteiger partial charge is 0.325 e. The normalized spacial score (nSPS) is 24.0. The van der Waals surface area contributed by atoms with Crippen LogP contribution >= 0.6 is 15.9 Å². The highest BCUT2D eigenvalue weighted by Gasteiger charge is 2.59. The fraction of sp³-hybridized carbons (Fsp3) is 0.312. The molecule has 0 bridgehead atoms. The minimum Gasteiger partial charge on any atom is -0.480 e. The van der Waals surface area contributed by atoms with Gasteiger partial charge in [-0.15, -0.1) is 0 Å². The number of carbonyl (C=O) groups is 2. The first-order chi connectivity index (χ1) is 11.0. The molecule has 1 saturated carbocycles. The molecular weight excluding hydrogens is 362 g/mol. The van der Waals surface area contributed by atoms with Crippen molar-refractivity contribution in [1.29, 1.82) is 0 Å². The molecule has 118 valence electrons. The number of aliphatic carboxylic acids is 1.